The zero-order valence-electron chi connectivity index (χ0n) is 17.4. The second-order valence-corrected chi connectivity index (χ2v) is 9.29. The molecule has 1 fully saturated rings. The number of carbonyl (C=O) groups excluding carboxylic acids is 1. The lowest BCUT2D eigenvalue weighted by Gasteiger charge is -2.36. The highest BCUT2D eigenvalue weighted by atomic mass is 32.1. The predicted octanol–water partition coefficient (Wildman–Crippen LogP) is 3.54. The number of nitrogens with zero attached hydrogens (tertiary/aromatic N) is 4. The van der Waals surface area contributed by atoms with E-state index in [4.69, 9.17) is 0 Å². The number of halogens is 1. The Kier molecular flexibility index (Phi) is 6.06. The molecule has 1 aliphatic rings. The number of likely N-dealkylation sites (tertiary alicyclic amines) is 1. The van der Waals surface area contributed by atoms with E-state index in [0.717, 1.165) is 26.4 Å². The minimum atomic E-state index is -1.05. The standard InChI is InChI=1S/C22H26FN5OS/c1-13(2)25-20-6-7-28(12-19(20)23)21(29)10-18-9-17-8-15(4-5-16(17)11-24-18)22-27-26-14(3)30-22/h4-5,8-9,11,13,19-20,25H,6-7,10,12H2,1-3H3/t19-,20+/m1/s1. The summed E-state index contributed by atoms with van der Waals surface area (Å²) in [7, 11) is 0. The van der Waals surface area contributed by atoms with Gasteiger partial charge in [-0.05, 0) is 30.9 Å². The number of hydrogen-bond acceptors (Lipinski definition) is 6. The highest BCUT2D eigenvalue weighted by Gasteiger charge is 2.31. The Morgan fingerprint density at radius 2 is 2.13 bits per heavy atom. The maximum Gasteiger partial charge on any atom is 0.228 e. The van der Waals surface area contributed by atoms with Crippen molar-refractivity contribution in [3.63, 3.8) is 0 Å². The number of aryl methyl sites for hydroxylation is 1. The van der Waals surface area contributed by atoms with Crippen LogP contribution in [0.5, 0.6) is 0 Å². The number of piperidine rings is 1. The molecule has 1 saturated heterocycles. The molecule has 8 heteroatoms. The molecule has 4 rings (SSSR count). The van der Waals surface area contributed by atoms with E-state index in [1.165, 1.54) is 0 Å². The predicted molar refractivity (Wildman–Crippen MR) is 117 cm³/mol. The maximum absolute atomic E-state index is 14.5. The van der Waals surface area contributed by atoms with Gasteiger partial charge in [-0.1, -0.05) is 37.3 Å². The van der Waals surface area contributed by atoms with Crippen molar-refractivity contribution >= 4 is 28.0 Å². The number of fused-ring (bicyclic) bond motifs is 1. The van der Waals surface area contributed by atoms with Crippen LogP contribution in [0.2, 0.25) is 0 Å². The first-order valence-corrected chi connectivity index (χ1v) is 11.1. The Hall–Kier alpha value is -2.45. The fourth-order valence-electron chi connectivity index (χ4n) is 3.84. The first-order chi connectivity index (χ1) is 14.4. The maximum atomic E-state index is 14.5. The van der Waals surface area contributed by atoms with Crippen LogP contribution in [-0.2, 0) is 11.2 Å². The van der Waals surface area contributed by atoms with E-state index in [1.54, 1.807) is 22.4 Å². The van der Waals surface area contributed by atoms with Crippen molar-refractivity contribution in [1.82, 2.24) is 25.4 Å². The Labute approximate surface area is 179 Å². The van der Waals surface area contributed by atoms with Crippen molar-refractivity contribution in [3.8, 4) is 10.6 Å². The number of aromatic nitrogens is 3. The van der Waals surface area contributed by atoms with Crippen LogP contribution in [0, 0.1) is 6.92 Å². The van der Waals surface area contributed by atoms with Gasteiger partial charge in [-0.3, -0.25) is 9.78 Å². The first kappa shape index (κ1) is 20.8. The monoisotopic (exact) mass is 427 g/mol. The third-order valence-electron chi connectivity index (χ3n) is 5.33. The van der Waals surface area contributed by atoms with Gasteiger partial charge in [0.15, 0.2) is 0 Å². The highest BCUT2D eigenvalue weighted by Crippen LogP contribution is 2.27. The molecule has 0 radical (unpaired) electrons. The van der Waals surface area contributed by atoms with Gasteiger partial charge in [-0.2, -0.15) is 0 Å². The zero-order chi connectivity index (χ0) is 21.3. The Balaban J connectivity index is 1.46. The lowest BCUT2D eigenvalue weighted by Crippen LogP contribution is -2.54. The van der Waals surface area contributed by atoms with Crippen LogP contribution < -0.4 is 5.32 Å². The third kappa shape index (κ3) is 4.65. The number of hydrogen-bond donors (Lipinski definition) is 1. The summed E-state index contributed by atoms with van der Waals surface area (Å²) in [5.41, 5.74) is 1.69. The van der Waals surface area contributed by atoms with Crippen LogP contribution in [0.15, 0.2) is 30.5 Å². The summed E-state index contributed by atoms with van der Waals surface area (Å²) in [6.07, 6.45) is 1.53. The molecule has 158 valence electrons. The number of carbonyl (C=O) groups is 1. The fraction of sp³-hybridized carbons (Fsp3) is 0.455. The molecule has 0 bridgehead atoms. The summed E-state index contributed by atoms with van der Waals surface area (Å²) in [5, 5.41) is 15.3. The molecule has 3 heterocycles. The largest absolute Gasteiger partial charge is 0.339 e. The quantitative estimate of drug-likeness (QED) is 0.674. The smallest absolute Gasteiger partial charge is 0.228 e. The normalized spacial score (nSPS) is 19.6. The van der Waals surface area contributed by atoms with E-state index in [1.807, 2.05) is 45.0 Å². The summed E-state index contributed by atoms with van der Waals surface area (Å²) in [6, 6.07) is 8.03. The molecule has 2 atom stereocenters. The van der Waals surface area contributed by atoms with Gasteiger partial charge < -0.3 is 10.2 Å². The van der Waals surface area contributed by atoms with Gasteiger partial charge in [0.05, 0.1) is 18.7 Å². The van der Waals surface area contributed by atoms with E-state index in [9.17, 15) is 9.18 Å². The number of alkyl halides is 1. The zero-order valence-corrected chi connectivity index (χ0v) is 18.2. The second kappa shape index (κ2) is 8.73. The number of rotatable bonds is 5. The highest BCUT2D eigenvalue weighted by molar-refractivity contribution is 7.14. The van der Waals surface area contributed by atoms with E-state index in [-0.39, 0.29) is 31.0 Å². The van der Waals surface area contributed by atoms with Crippen LogP contribution in [0.3, 0.4) is 0 Å². The summed E-state index contributed by atoms with van der Waals surface area (Å²) < 4.78 is 14.5. The number of pyridine rings is 1. The van der Waals surface area contributed by atoms with Gasteiger partial charge in [0.2, 0.25) is 5.91 Å². The number of nitrogens with one attached hydrogen (secondary N) is 1. The molecule has 1 amide bonds. The van der Waals surface area contributed by atoms with E-state index in [0.29, 0.717) is 18.7 Å². The summed E-state index contributed by atoms with van der Waals surface area (Å²) in [5.74, 6) is -0.0802. The van der Waals surface area contributed by atoms with Crippen LogP contribution in [0.4, 0.5) is 4.39 Å². The average Bonchev–Trinajstić information content (AvgIpc) is 3.15. The molecule has 3 aromatic rings. The Bertz CT molecular complexity index is 1050. The Morgan fingerprint density at radius 3 is 2.83 bits per heavy atom. The van der Waals surface area contributed by atoms with E-state index < -0.39 is 6.17 Å². The van der Waals surface area contributed by atoms with Gasteiger partial charge in [0, 0.05) is 35.8 Å². The lowest BCUT2D eigenvalue weighted by atomic mass is 10.0. The molecule has 1 aromatic carbocycles. The average molecular weight is 428 g/mol. The van der Waals surface area contributed by atoms with E-state index >= 15 is 0 Å². The molecule has 0 unspecified atom stereocenters. The van der Waals surface area contributed by atoms with Gasteiger partial charge in [0.1, 0.15) is 16.2 Å². The van der Waals surface area contributed by atoms with Crippen molar-refractivity contribution in [1.29, 1.82) is 0 Å². The van der Waals surface area contributed by atoms with Crippen molar-refractivity contribution < 1.29 is 9.18 Å². The molecule has 1 N–H and O–H groups in total. The fourth-order valence-corrected chi connectivity index (χ4v) is 4.53. The summed E-state index contributed by atoms with van der Waals surface area (Å²) >= 11 is 1.55. The molecule has 1 aliphatic heterocycles. The molecule has 0 saturated carbocycles. The van der Waals surface area contributed by atoms with Gasteiger partial charge in [-0.25, -0.2) is 4.39 Å². The second-order valence-electron chi connectivity index (χ2n) is 8.11. The molecule has 30 heavy (non-hydrogen) atoms. The first-order valence-electron chi connectivity index (χ1n) is 10.3. The third-order valence-corrected chi connectivity index (χ3v) is 6.21. The number of benzene rings is 1. The molecule has 0 spiro atoms. The molecule has 6 nitrogen and oxygen atoms in total. The molecule has 0 aliphatic carbocycles. The van der Waals surface area contributed by atoms with Crippen molar-refractivity contribution in [2.75, 3.05) is 13.1 Å². The molecule has 2 aromatic heterocycles. The minimum absolute atomic E-state index is 0.0802. The summed E-state index contributed by atoms with van der Waals surface area (Å²) in [4.78, 5) is 18.8. The Morgan fingerprint density at radius 1 is 1.30 bits per heavy atom. The summed E-state index contributed by atoms with van der Waals surface area (Å²) in [6.45, 7) is 6.65. The lowest BCUT2D eigenvalue weighted by molar-refractivity contribution is -0.133. The number of amides is 1. The topological polar surface area (TPSA) is 71.0 Å². The van der Waals surface area contributed by atoms with Gasteiger partial charge in [0.25, 0.3) is 0 Å². The van der Waals surface area contributed by atoms with Crippen molar-refractivity contribution in [2.24, 2.45) is 0 Å². The van der Waals surface area contributed by atoms with Crippen LogP contribution >= 0.6 is 11.3 Å². The SMILES string of the molecule is Cc1nnc(-c2ccc3cnc(CC(=O)N4CC[C@H](NC(C)C)[C@H](F)C4)cc3c2)s1. The molecular formula is C22H26FN5OS. The van der Waals surface area contributed by atoms with E-state index in [2.05, 4.69) is 20.5 Å². The van der Waals surface area contributed by atoms with Crippen LogP contribution in [0.1, 0.15) is 31.0 Å². The van der Waals surface area contributed by atoms with Gasteiger partial charge in [-0.15, -0.1) is 10.2 Å². The van der Waals surface area contributed by atoms with Gasteiger partial charge >= 0.3 is 0 Å². The minimum Gasteiger partial charge on any atom is -0.339 e. The van der Waals surface area contributed by atoms with Crippen molar-refractivity contribution in [2.45, 2.75) is 51.9 Å². The van der Waals surface area contributed by atoms with Crippen molar-refractivity contribution in [3.05, 3.63) is 41.2 Å². The van der Waals surface area contributed by atoms with Crippen LogP contribution in [0.25, 0.3) is 21.3 Å². The van der Waals surface area contributed by atoms with Crippen LogP contribution in [-0.4, -0.2) is 57.3 Å². The molecular weight excluding hydrogens is 401 g/mol.